The first-order valence-corrected chi connectivity index (χ1v) is 6.46. The summed E-state index contributed by atoms with van der Waals surface area (Å²) in [6.45, 7) is 0. The lowest BCUT2D eigenvalue weighted by molar-refractivity contribution is 0.0696. The lowest BCUT2D eigenvalue weighted by atomic mass is 10.1. The van der Waals surface area contributed by atoms with Crippen LogP contribution in [0.15, 0.2) is 36.4 Å². The van der Waals surface area contributed by atoms with Crippen molar-refractivity contribution in [3.05, 3.63) is 57.6 Å². The maximum Gasteiger partial charge on any atom is 0.335 e. The lowest BCUT2D eigenvalue weighted by Gasteiger charge is -2.08. The number of rotatable bonds is 3. The fraction of sp³-hybridized carbons (Fsp3) is 0. The molecule has 0 saturated carbocycles. The Balaban J connectivity index is 2.31. The summed E-state index contributed by atoms with van der Waals surface area (Å²) in [5.41, 5.74) is 0.220. The van der Waals surface area contributed by atoms with Crippen molar-refractivity contribution in [3.8, 4) is 5.75 Å². The molecule has 0 heterocycles. The Hall–Kier alpha value is -2.24. The molecule has 0 radical (unpaired) electrons. The van der Waals surface area contributed by atoms with Gasteiger partial charge in [0.15, 0.2) is 0 Å². The third-order valence-corrected chi connectivity index (χ3v) is 3.14. The van der Waals surface area contributed by atoms with Gasteiger partial charge in [0.05, 0.1) is 16.1 Å². The fourth-order valence-corrected chi connectivity index (χ4v) is 2.11. The van der Waals surface area contributed by atoms with Crippen LogP contribution in [-0.2, 0) is 0 Å². The molecule has 0 spiro atoms. The van der Waals surface area contributed by atoms with Gasteiger partial charge in [-0.1, -0.05) is 23.2 Å². The van der Waals surface area contributed by atoms with Crippen molar-refractivity contribution < 1.29 is 19.8 Å². The largest absolute Gasteiger partial charge is 0.508 e. The predicted octanol–water partition coefficient (Wildman–Crippen LogP) is 3.65. The van der Waals surface area contributed by atoms with Gasteiger partial charge >= 0.3 is 5.97 Å². The number of halogens is 2. The number of carbonyl (C=O) groups is 2. The van der Waals surface area contributed by atoms with E-state index in [1.54, 1.807) is 0 Å². The number of benzene rings is 2. The van der Waals surface area contributed by atoms with Crippen molar-refractivity contribution in [2.24, 2.45) is 0 Å². The summed E-state index contributed by atoms with van der Waals surface area (Å²) in [6, 6.07) is 7.88. The molecule has 0 saturated heterocycles. The molecule has 0 aliphatic heterocycles. The van der Waals surface area contributed by atoms with Gasteiger partial charge < -0.3 is 15.5 Å². The summed E-state index contributed by atoms with van der Waals surface area (Å²) in [5.74, 6) is -1.86. The minimum atomic E-state index is -1.16. The van der Waals surface area contributed by atoms with Gasteiger partial charge in [0.2, 0.25) is 0 Å². The molecule has 0 fully saturated rings. The fourth-order valence-electron chi connectivity index (χ4n) is 1.67. The zero-order valence-electron chi connectivity index (χ0n) is 10.4. The Morgan fingerprint density at radius 1 is 1.05 bits per heavy atom. The van der Waals surface area contributed by atoms with Gasteiger partial charge in [-0.2, -0.15) is 0 Å². The van der Waals surface area contributed by atoms with Crippen molar-refractivity contribution in [1.82, 2.24) is 0 Å². The molecule has 0 aliphatic carbocycles. The van der Waals surface area contributed by atoms with Gasteiger partial charge in [-0.3, -0.25) is 4.79 Å². The summed E-state index contributed by atoms with van der Waals surface area (Å²) >= 11 is 11.7. The van der Waals surface area contributed by atoms with Crippen LogP contribution < -0.4 is 5.32 Å². The van der Waals surface area contributed by atoms with E-state index < -0.39 is 11.9 Å². The Bertz CT molecular complexity index is 731. The average Bonchev–Trinajstić information content (AvgIpc) is 2.40. The molecule has 3 N–H and O–H groups in total. The van der Waals surface area contributed by atoms with Crippen LogP contribution in [0.5, 0.6) is 5.75 Å². The molecule has 0 aromatic heterocycles. The van der Waals surface area contributed by atoms with E-state index in [4.69, 9.17) is 28.3 Å². The van der Waals surface area contributed by atoms with Crippen molar-refractivity contribution >= 4 is 40.8 Å². The highest BCUT2D eigenvalue weighted by molar-refractivity contribution is 6.34. The summed E-state index contributed by atoms with van der Waals surface area (Å²) in [6.07, 6.45) is 0. The number of aromatic carboxylic acids is 1. The maximum absolute atomic E-state index is 12.1. The molecule has 5 nitrogen and oxygen atoms in total. The highest BCUT2D eigenvalue weighted by Gasteiger charge is 2.13. The summed E-state index contributed by atoms with van der Waals surface area (Å²) in [5, 5.41) is 21.1. The molecular weight excluding hydrogens is 317 g/mol. The third-order valence-electron chi connectivity index (χ3n) is 2.60. The topological polar surface area (TPSA) is 86.6 Å². The smallest absolute Gasteiger partial charge is 0.335 e. The van der Waals surface area contributed by atoms with Gasteiger partial charge in [-0.25, -0.2) is 4.79 Å². The van der Waals surface area contributed by atoms with Crippen LogP contribution in [0.1, 0.15) is 20.7 Å². The van der Waals surface area contributed by atoms with Gasteiger partial charge in [0, 0.05) is 10.7 Å². The number of hydrogen-bond acceptors (Lipinski definition) is 3. The normalized spacial score (nSPS) is 10.2. The van der Waals surface area contributed by atoms with Crippen molar-refractivity contribution in [2.45, 2.75) is 0 Å². The van der Waals surface area contributed by atoms with E-state index in [0.717, 1.165) is 0 Å². The second kappa shape index (κ2) is 6.03. The second-order valence-electron chi connectivity index (χ2n) is 4.15. The number of anilines is 1. The summed E-state index contributed by atoms with van der Waals surface area (Å²) < 4.78 is 0. The zero-order valence-corrected chi connectivity index (χ0v) is 11.9. The monoisotopic (exact) mass is 325 g/mol. The molecule has 2 aromatic rings. The molecule has 0 unspecified atom stereocenters. The first-order chi connectivity index (χ1) is 9.86. The average molecular weight is 326 g/mol. The standard InChI is InChI=1S/C14H9Cl2NO4/c15-8-3-7(14(20)21)4-9(5-8)17-13(19)11-6-10(18)1-2-12(11)16/h1-6,18H,(H,17,19)(H,20,21). The Labute approximate surface area is 129 Å². The van der Waals surface area contributed by atoms with Gasteiger partial charge in [-0.15, -0.1) is 0 Å². The predicted molar refractivity (Wildman–Crippen MR) is 79.5 cm³/mol. The van der Waals surface area contributed by atoms with Crippen molar-refractivity contribution in [2.75, 3.05) is 5.32 Å². The molecule has 1 amide bonds. The van der Waals surface area contributed by atoms with Crippen LogP contribution in [0.2, 0.25) is 10.0 Å². The number of nitrogens with one attached hydrogen (secondary N) is 1. The quantitative estimate of drug-likeness (QED) is 0.803. The molecule has 2 rings (SSSR count). The van der Waals surface area contributed by atoms with E-state index >= 15 is 0 Å². The number of hydrogen-bond donors (Lipinski definition) is 3. The van der Waals surface area contributed by atoms with Crippen molar-refractivity contribution in [1.29, 1.82) is 0 Å². The first kappa shape index (κ1) is 15.2. The number of amides is 1. The number of carboxylic acid groups (broad SMARTS) is 1. The van der Waals surface area contributed by atoms with E-state index in [9.17, 15) is 14.7 Å². The molecule has 0 aliphatic rings. The maximum atomic E-state index is 12.1. The third kappa shape index (κ3) is 3.65. The van der Waals surface area contributed by atoms with Crippen LogP contribution in [-0.4, -0.2) is 22.1 Å². The van der Waals surface area contributed by atoms with Gasteiger partial charge in [0.25, 0.3) is 5.91 Å². The molecule has 108 valence electrons. The second-order valence-corrected chi connectivity index (χ2v) is 5.00. The van der Waals surface area contributed by atoms with Crippen LogP contribution in [0.4, 0.5) is 5.69 Å². The minimum Gasteiger partial charge on any atom is -0.508 e. The number of aromatic hydroxyl groups is 1. The summed E-state index contributed by atoms with van der Waals surface area (Å²) in [7, 11) is 0. The van der Waals surface area contributed by atoms with E-state index in [1.807, 2.05) is 0 Å². The highest BCUT2D eigenvalue weighted by atomic mass is 35.5. The van der Waals surface area contributed by atoms with Crippen LogP contribution in [0, 0.1) is 0 Å². The number of phenolic OH excluding ortho intramolecular Hbond substituents is 1. The van der Waals surface area contributed by atoms with Crippen LogP contribution >= 0.6 is 23.2 Å². The molecule has 21 heavy (non-hydrogen) atoms. The van der Waals surface area contributed by atoms with Crippen LogP contribution in [0.3, 0.4) is 0 Å². The Morgan fingerprint density at radius 2 is 1.76 bits per heavy atom. The van der Waals surface area contributed by atoms with E-state index in [0.29, 0.717) is 0 Å². The molecule has 0 atom stereocenters. The van der Waals surface area contributed by atoms with E-state index in [1.165, 1.54) is 36.4 Å². The van der Waals surface area contributed by atoms with Gasteiger partial charge in [0.1, 0.15) is 5.75 Å². The van der Waals surface area contributed by atoms with E-state index in [-0.39, 0.29) is 32.6 Å². The first-order valence-electron chi connectivity index (χ1n) is 5.70. The van der Waals surface area contributed by atoms with Gasteiger partial charge in [-0.05, 0) is 36.4 Å². The Kier molecular flexibility index (Phi) is 4.35. The van der Waals surface area contributed by atoms with Crippen molar-refractivity contribution in [3.63, 3.8) is 0 Å². The molecule has 7 heteroatoms. The minimum absolute atomic E-state index is 0.0557. The zero-order chi connectivity index (χ0) is 15.6. The van der Waals surface area contributed by atoms with Crippen LogP contribution in [0.25, 0.3) is 0 Å². The number of phenols is 1. The SMILES string of the molecule is O=C(O)c1cc(Cl)cc(NC(=O)c2cc(O)ccc2Cl)c1. The number of carbonyl (C=O) groups excluding carboxylic acids is 1. The molecular formula is C14H9Cl2NO4. The number of carboxylic acids is 1. The van der Waals surface area contributed by atoms with E-state index in [2.05, 4.69) is 5.32 Å². The lowest BCUT2D eigenvalue weighted by Crippen LogP contribution is -2.13. The Morgan fingerprint density at radius 3 is 2.43 bits per heavy atom. The highest BCUT2D eigenvalue weighted by Crippen LogP contribution is 2.24. The molecule has 0 bridgehead atoms. The summed E-state index contributed by atoms with van der Waals surface area (Å²) in [4.78, 5) is 23.0. The molecule has 2 aromatic carbocycles.